The topological polar surface area (TPSA) is 50.1 Å². The lowest BCUT2D eigenvalue weighted by Gasteiger charge is -2.08. The van der Waals surface area contributed by atoms with Crippen molar-refractivity contribution in [3.63, 3.8) is 0 Å². The van der Waals surface area contributed by atoms with Gasteiger partial charge in [-0.25, -0.2) is 0 Å². The van der Waals surface area contributed by atoms with E-state index in [0.717, 1.165) is 17.0 Å². The van der Waals surface area contributed by atoms with Gasteiger partial charge in [0.25, 0.3) is 0 Å². The summed E-state index contributed by atoms with van der Waals surface area (Å²) in [5.74, 6) is 0. The van der Waals surface area contributed by atoms with Crippen LogP contribution in [0.2, 0.25) is 0 Å². The van der Waals surface area contributed by atoms with Crippen LogP contribution in [0.15, 0.2) is 89.9 Å². The maximum atomic E-state index is 4.89. The first-order valence-electron chi connectivity index (χ1n) is 10.3. The highest BCUT2D eigenvalue weighted by molar-refractivity contribution is 5.96. The minimum absolute atomic E-state index is 0.504. The van der Waals surface area contributed by atoms with Crippen LogP contribution in [-0.4, -0.2) is 36.2 Å². The molecule has 0 saturated heterocycles. The highest BCUT2D eigenvalue weighted by atomic mass is 16.5. The summed E-state index contributed by atoms with van der Waals surface area (Å²) in [5.41, 5.74) is 5.12. The van der Waals surface area contributed by atoms with Gasteiger partial charge >= 0.3 is 0 Å². The van der Waals surface area contributed by atoms with Crippen molar-refractivity contribution in [2.24, 2.45) is 10.2 Å². The number of allylic oxidation sites excluding steroid dienone is 3. The first-order chi connectivity index (χ1) is 15.0. The molecule has 31 heavy (non-hydrogen) atoms. The average Bonchev–Trinajstić information content (AvgIpc) is 2.81. The van der Waals surface area contributed by atoms with Crippen molar-refractivity contribution < 1.29 is 4.74 Å². The molecule has 5 nitrogen and oxygen atoms in total. The first kappa shape index (κ1) is 27.7. The van der Waals surface area contributed by atoms with E-state index in [0.29, 0.717) is 6.61 Å². The molecule has 0 radical (unpaired) electrons. The molecule has 5 heteroatoms. The number of benzene rings is 1. The monoisotopic (exact) mass is 420 g/mol. The lowest BCUT2D eigenvalue weighted by molar-refractivity contribution is 0.232. The van der Waals surface area contributed by atoms with E-state index in [1.165, 1.54) is 16.2 Å². The lowest BCUT2D eigenvalue weighted by Crippen LogP contribution is -2.07. The van der Waals surface area contributed by atoms with E-state index in [1.807, 2.05) is 58.0 Å². The van der Waals surface area contributed by atoms with Crippen LogP contribution in [0.3, 0.4) is 0 Å². The number of methoxy groups -OCH3 is 1. The number of aromatic nitrogens is 1. The Balaban J connectivity index is 0.000000564. The van der Waals surface area contributed by atoms with Crippen LogP contribution in [-0.2, 0) is 4.74 Å². The molecule has 0 atom stereocenters. The molecule has 0 amide bonds. The molecule has 2 rings (SSSR count). The molecule has 1 aromatic heterocycles. The van der Waals surface area contributed by atoms with Crippen molar-refractivity contribution in [3.8, 4) is 0 Å². The first-order valence-corrected chi connectivity index (χ1v) is 10.3. The van der Waals surface area contributed by atoms with E-state index >= 15 is 0 Å². The number of aryl methyl sites for hydroxylation is 1. The second kappa shape index (κ2) is 17.5. The molecule has 0 aliphatic heterocycles. The predicted molar refractivity (Wildman–Crippen MR) is 135 cm³/mol. The number of ether oxygens (including phenoxy) is 1. The Morgan fingerprint density at radius 2 is 1.94 bits per heavy atom. The third-order valence-corrected chi connectivity index (χ3v) is 3.69. The van der Waals surface area contributed by atoms with E-state index in [1.54, 1.807) is 25.6 Å². The van der Waals surface area contributed by atoms with Gasteiger partial charge in [-0.1, -0.05) is 68.5 Å². The minimum Gasteiger partial charge on any atom is -0.381 e. The fraction of sp³-hybridized carbons (Fsp3) is 0.269. The van der Waals surface area contributed by atoms with Crippen molar-refractivity contribution in [2.45, 2.75) is 34.6 Å². The van der Waals surface area contributed by atoms with Crippen LogP contribution in [0.25, 0.3) is 5.57 Å². The van der Waals surface area contributed by atoms with Gasteiger partial charge < -0.3 is 4.74 Å². The largest absolute Gasteiger partial charge is 0.381 e. The van der Waals surface area contributed by atoms with Crippen molar-refractivity contribution in [2.75, 3.05) is 13.7 Å². The van der Waals surface area contributed by atoms with E-state index in [9.17, 15) is 0 Å². The smallest absolute Gasteiger partial charge is 0.0860 e. The zero-order valence-electron chi connectivity index (χ0n) is 19.7. The molecule has 0 unspecified atom stereocenters. The summed E-state index contributed by atoms with van der Waals surface area (Å²) in [4.78, 5) is 4.19. The number of hydrogen-bond donors (Lipinski definition) is 0. The van der Waals surface area contributed by atoms with Crippen LogP contribution >= 0.6 is 0 Å². The summed E-state index contributed by atoms with van der Waals surface area (Å²) in [6.45, 7) is 17.9. The molecular weight excluding hydrogens is 384 g/mol. The Hall–Kier alpha value is -3.31. The summed E-state index contributed by atoms with van der Waals surface area (Å²) < 4.78 is 4.89. The van der Waals surface area contributed by atoms with Crippen LogP contribution < -0.4 is 0 Å². The molecule has 0 spiro atoms. The minimum atomic E-state index is 0.504. The van der Waals surface area contributed by atoms with Gasteiger partial charge in [0, 0.05) is 26.2 Å². The normalized spacial score (nSPS) is 10.7. The van der Waals surface area contributed by atoms with E-state index in [4.69, 9.17) is 4.74 Å². The Morgan fingerprint density at radius 1 is 1.19 bits per heavy atom. The van der Waals surface area contributed by atoms with Gasteiger partial charge in [-0.3, -0.25) is 4.98 Å². The lowest BCUT2D eigenvalue weighted by atomic mass is 10.1. The number of rotatable bonds is 8. The van der Waals surface area contributed by atoms with Gasteiger partial charge in [-0.2, -0.15) is 15.3 Å². The predicted octanol–water partition coefficient (Wildman–Crippen LogP) is 6.49. The second-order valence-corrected chi connectivity index (χ2v) is 6.10. The maximum absolute atomic E-state index is 4.89. The average molecular weight is 421 g/mol. The third-order valence-electron chi connectivity index (χ3n) is 3.69. The van der Waals surface area contributed by atoms with Gasteiger partial charge in [-0.05, 0) is 50.1 Å². The van der Waals surface area contributed by atoms with Gasteiger partial charge in [-0.15, -0.1) is 0 Å². The van der Waals surface area contributed by atoms with Crippen LogP contribution in [0.5, 0.6) is 0 Å². The highest BCUT2D eigenvalue weighted by Gasteiger charge is 1.99. The fourth-order valence-electron chi connectivity index (χ4n) is 2.27. The fourth-order valence-corrected chi connectivity index (χ4v) is 2.27. The second-order valence-electron chi connectivity index (χ2n) is 6.10. The third kappa shape index (κ3) is 12.1. The van der Waals surface area contributed by atoms with Gasteiger partial charge in [0.15, 0.2) is 0 Å². The highest BCUT2D eigenvalue weighted by Crippen LogP contribution is 2.14. The van der Waals surface area contributed by atoms with Crippen molar-refractivity contribution in [1.29, 1.82) is 0 Å². The molecular formula is C26H36N4O. The Morgan fingerprint density at radius 3 is 2.48 bits per heavy atom. The quantitative estimate of drug-likeness (QED) is 0.278. The van der Waals surface area contributed by atoms with Crippen LogP contribution in [0.1, 0.15) is 44.5 Å². The molecule has 0 N–H and O–H groups in total. The molecule has 2 aromatic rings. The number of nitrogens with zero attached hydrogens (tertiary/aromatic N) is 4. The Kier molecular flexibility index (Phi) is 15.7. The Labute approximate surface area is 188 Å². The molecule has 0 bridgehead atoms. The molecule has 1 aromatic carbocycles. The molecule has 0 saturated carbocycles. The van der Waals surface area contributed by atoms with Crippen molar-refractivity contribution in [3.05, 3.63) is 96.5 Å². The van der Waals surface area contributed by atoms with Crippen molar-refractivity contribution >= 4 is 18.0 Å². The summed E-state index contributed by atoms with van der Waals surface area (Å²) in [7, 11) is 1.62. The number of hydrazone groups is 2. The summed E-state index contributed by atoms with van der Waals surface area (Å²) in [6.07, 6.45) is 9.23. The van der Waals surface area contributed by atoms with Crippen LogP contribution in [0, 0.1) is 6.92 Å². The SMILES string of the molecule is C=C(/C=C\C)c1cccc(C)c1.C=NN(/C=C/COC)/N=C(\C)c1ccccn1.CC. The standard InChI is InChI=1S/C12H16N4O.C12H14.C2H6/c1-11(12-7-4-5-8-14-12)15-16(13-2)9-6-10-17-3;1-4-6-11(3)12-8-5-7-10(2)9-12;1-2/h4-9H,2,10H2,1,3H3;4-9H,3H2,1-2H3;1-2H3/b9-6+,15-11+;6-4-;. The number of hydrogen-bond acceptors (Lipinski definition) is 5. The molecule has 0 aliphatic carbocycles. The van der Waals surface area contributed by atoms with Gasteiger partial charge in [0.1, 0.15) is 0 Å². The summed E-state index contributed by atoms with van der Waals surface area (Å²) in [6, 6.07) is 14.0. The molecule has 1 heterocycles. The van der Waals surface area contributed by atoms with Crippen LogP contribution in [0.4, 0.5) is 0 Å². The summed E-state index contributed by atoms with van der Waals surface area (Å²) in [5, 5.41) is 9.38. The maximum Gasteiger partial charge on any atom is 0.0860 e. The zero-order chi connectivity index (χ0) is 23.5. The summed E-state index contributed by atoms with van der Waals surface area (Å²) >= 11 is 0. The molecule has 0 aliphatic rings. The van der Waals surface area contributed by atoms with E-state index in [2.05, 4.69) is 59.7 Å². The molecule has 166 valence electrons. The van der Waals surface area contributed by atoms with Gasteiger partial charge in [0.05, 0.1) is 18.0 Å². The zero-order valence-corrected chi connectivity index (χ0v) is 19.7. The van der Waals surface area contributed by atoms with E-state index < -0.39 is 0 Å². The Bertz CT molecular complexity index is 855. The van der Waals surface area contributed by atoms with Crippen molar-refractivity contribution in [1.82, 2.24) is 10.1 Å². The van der Waals surface area contributed by atoms with Gasteiger partial charge in [0.2, 0.25) is 0 Å². The number of pyridine rings is 1. The van der Waals surface area contributed by atoms with E-state index in [-0.39, 0.29) is 0 Å². The molecule has 0 fully saturated rings.